The normalized spacial score (nSPS) is 22.7. The van der Waals surface area contributed by atoms with E-state index >= 15 is 0 Å². The minimum atomic E-state index is 0.201. The van der Waals surface area contributed by atoms with E-state index in [0.717, 1.165) is 24.9 Å². The molecule has 1 saturated heterocycles. The number of fused-ring (bicyclic) bond motifs is 3. The highest BCUT2D eigenvalue weighted by atomic mass is 16.1. The number of nitrogens with zero attached hydrogens (tertiary/aromatic N) is 1. The van der Waals surface area contributed by atoms with Gasteiger partial charge in [-0.1, -0.05) is 42.8 Å². The Labute approximate surface area is 132 Å². The molecule has 1 aliphatic heterocycles. The Balaban J connectivity index is 1.61. The Bertz CT molecular complexity index is 700. The van der Waals surface area contributed by atoms with Gasteiger partial charge in [0.05, 0.1) is 0 Å². The first kappa shape index (κ1) is 14.0. The molecule has 1 heterocycles. The molecule has 0 N–H and O–H groups in total. The predicted octanol–water partition coefficient (Wildman–Crippen LogP) is 4.07. The Kier molecular flexibility index (Phi) is 3.71. The monoisotopic (exact) mass is 293 g/mol. The van der Waals surface area contributed by atoms with Crippen molar-refractivity contribution in [2.75, 3.05) is 19.6 Å². The molecule has 0 aromatic heterocycles. The summed E-state index contributed by atoms with van der Waals surface area (Å²) in [7, 11) is 0. The average molecular weight is 293 g/mol. The first-order valence-corrected chi connectivity index (χ1v) is 8.60. The SMILES string of the molecule is O=C1c2ccc3ccccc3c2CC[C@H]1CN1CCCCC1. The van der Waals surface area contributed by atoms with Crippen LogP contribution >= 0.6 is 0 Å². The van der Waals surface area contributed by atoms with Crippen LogP contribution in [0.4, 0.5) is 0 Å². The van der Waals surface area contributed by atoms with Crippen LogP contribution in [0.25, 0.3) is 10.8 Å². The number of ketones is 1. The van der Waals surface area contributed by atoms with Gasteiger partial charge in [0.25, 0.3) is 0 Å². The van der Waals surface area contributed by atoms with Gasteiger partial charge in [0.15, 0.2) is 5.78 Å². The van der Waals surface area contributed by atoms with Gasteiger partial charge in [-0.15, -0.1) is 0 Å². The number of carbonyl (C=O) groups excluding carboxylic acids is 1. The quantitative estimate of drug-likeness (QED) is 0.832. The molecule has 0 radical (unpaired) electrons. The Morgan fingerprint density at radius 3 is 2.68 bits per heavy atom. The number of carbonyl (C=O) groups is 1. The smallest absolute Gasteiger partial charge is 0.167 e. The predicted molar refractivity (Wildman–Crippen MR) is 90.4 cm³/mol. The van der Waals surface area contributed by atoms with Gasteiger partial charge >= 0.3 is 0 Å². The third-order valence-electron chi connectivity index (χ3n) is 5.35. The number of hydrogen-bond acceptors (Lipinski definition) is 2. The first-order valence-electron chi connectivity index (χ1n) is 8.60. The minimum Gasteiger partial charge on any atom is -0.303 e. The zero-order chi connectivity index (χ0) is 14.9. The Hall–Kier alpha value is -1.67. The van der Waals surface area contributed by atoms with E-state index in [1.165, 1.54) is 48.7 Å². The minimum absolute atomic E-state index is 0.201. The van der Waals surface area contributed by atoms with Gasteiger partial charge in [0.1, 0.15) is 0 Å². The van der Waals surface area contributed by atoms with Gasteiger partial charge < -0.3 is 4.90 Å². The summed E-state index contributed by atoms with van der Waals surface area (Å²) in [6.45, 7) is 3.31. The highest BCUT2D eigenvalue weighted by molar-refractivity contribution is 6.05. The summed E-state index contributed by atoms with van der Waals surface area (Å²) >= 11 is 0. The van der Waals surface area contributed by atoms with E-state index in [4.69, 9.17) is 0 Å². The molecule has 114 valence electrons. The molecule has 0 unspecified atom stereocenters. The van der Waals surface area contributed by atoms with Crippen molar-refractivity contribution in [1.82, 2.24) is 4.90 Å². The molecule has 0 spiro atoms. The maximum atomic E-state index is 12.9. The van der Waals surface area contributed by atoms with Crippen LogP contribution < -0.4 is 0 Å². The van der Waals surface area contributed by atoms with E-state index in [-0.39, 0.29) is 5.92 Å². The van der Waals surface area contributed by atoms with Crippen molar-refractivity contribution in [3.8, 4) is 0 Å². The van der Waals surface area contributed by atoms with Crippen LogP contribution in [0.1, 0.15) is 41.6 Å². The number of piperidine rings is 1. The lowest BCUT2D eigenvalue weighted by molar-refractivity contribution is 0.0846. The van der Waals surface area contributed by atoms with Crippen molar-refractivity contribution in [2.45, 2.75) is 32.1 Å². The lowest BCUT2D eigenvalue weighted by Gasteiger charge is -2.32. The second-order valence-electron chi connectivity index (χ2n) is 6.77. The van der Waals surface area contributed by atoms with Crippen molar-refractivity contribution in [1.29, 1.82) is 0 Å². The average Bonchev–Trinajstić information content (AvgIpc) is 2.58. The summed E-state index contributed by atoms with van der Waals surface area (Å²) in [5, 5.41) is 2.52. The molecule has 1 fully saturated rings. The van der Waals surface area contributed by atoms with Crippen LogP contribution in [0.3, 0.4) is 0 Å². The third kappa shape index (κ3) is 2.46. The van der Waals surface area contributed by atoms with E-state index in [2.05, 4.69) is 41.3 Å². The third-order valence-corrected chi connectivity index (χ3v) is 5.35. The van der Waals surface area contributed by atoms with Crippen molar-refractivity contribution < 1.29 is 4.79 Å². The van der Waals surface area contributed by atoms with E-state index in [0.29, 0.717) is 5.78 Å². The number of benzene rings is 2. The summed E-state index contributed by atoms with van der Waals surface area (Å²) in [6.07, 6.45) is 5.99. The van der Waals surface area contributed by atoms with Gasteiger partial charge in [-0.25, -0.2) is 0 Å². The lowest BCUT2D eigenvalue weighted by atomic mass is 9.80. The largest absolute Gasteiger partial charge is 0.303 e. The number of hydrogen-bond donors (Lipinski definition) is 0. The molecule has 2 nitrogen and oxygen atoms in total. The molecule has 1 aliphatic carbocycles. The summed E-state index contributed by atoms with van der Waals surface area (Å²) in [5.74, 6) is 0.573. The molecular formula is C20H23NO. The van der Waals surface area contributed by atoms with E-state index in [1.807, 2.05) is 0 Å². The van der Waals surface area contributed by atoms with Crippen LogP contribution in [-0.2, 0) is 6.42 Å². The molecule has 0 amide bonds. The highest BCUT2D eigenvalue weighted by Gasteiger charge is 2.30. The maximum absolute atomic E-state index is 12.9. The summed E-state index contributed by atoms with van der Waals surface area (Å²) < 4.78 is 0. The van der Waals surface area contributed by atoms with Gasteiger partial charge in [0, 0.05) is 18.0 Å². The van der Waals surface area contributed by atoms with Crippen LogP contribution in [0.15, 0.2) is 36.4 Å². The molecule has 22 heavy (non-hydrogen) atoms. The van der Waals surface area contributed by atoms with Crippen LogP contribution in [-0.4, -0.2) is 30.3 Å². The lowest BCUT2D eigenvalue weighted by Crippen LogP contribution is -2.38. The molecular weight excluding hydrogens is 270 g/mol. The second-order valence-corrected chi connectivity index (χ2v) is 6.77. The standard InChI is InChI=1S/C20H23NO/c22-20-16(14-21-12-4-1-5-13-21)9-10-18-17-7-3-2-6-15(17)8-11-19(18)20/h2-3,6-8,11,16H,1,4-5,9-10,12-14H2/t16-/m0/s1. The number of rotatable bonds is 2. The molecule has 1 atom stereocenters. The topological polar surface area (TPSA) is 20.3 Å². The first-order chi connectivity index (χ1) is 10.8. The fourth-order valence-corrected chi connectivity index (χ4v) is 4.13. The second kappa shape index (κ2) is 5.85. The molecule has 2 aromatic carbocycles. The maximum Gasteiger partial charge on any atom is 0.167 e. The van der Waals surface area contributed by atoms with Crippen molar-refractivity contribution in [3.63, 3.8) is 0 Å². The van der Waals surface area contributed by atoms with Gasteiger partial charge in [-0.05, 0) is 55.1 Å². The number of likely N-dealkylation sites (tertiary alicyclic amines) is 1. The van der Waals surface area contributed by atoms with E-state index < -0.39 is 0 Å². The zero-order valence-corrected chi connectivity index (χ0v) is 13.1. The fraction of sp³-hybridized carbons (Fsp3) is 0.450. The molecule has 0 saturated carbocycles. The molecule has 2 heteroatoms. The summed E-state index contributed by atoms with van der Waals surface area (Å²) in [4.78, 5) is 15.4. The van der Waals surface area contributed by atoms with Crippen LogP contribution in [0.2, 0.25) is 0 Å². The summed E-state index contributed by atoms with van der Waals surface area (Å²) in [6, 6.07) is 12.6. The molecule has 4 rings (SSSR count). The Morgan fingerprint density at radius 2 is 1.82 bits per heavy atom. The molecule has 2 aliphatic rings. The van der Waals surface area contributed by atoms with E-state index in [9.17, 15) is 4.79 Å². The van der Waals surface area contributed by atoms with Gasteiger partial charge in [-0.3, -0.25) is 4.79 Å². The van der Waals surface area contributed by atoms with Crippen molar-refractivity contribution in [3.05, 3.63) is 47.5 Å². The number of Topliss-reactive ketones (excluding diaryl/α,β-unsaturated/α-hetero) is 1. The zero-order valence-electron chi connectivity index (χ0n) is 13.1. The van der Waals surface area contributed by atoms with Crippen LogP contribution in [0.5, 0.6) is 0 Å². The number of aryl methyl sites for hydroxylation is 1. The van der Waals surface area contributed by atoms with Crippen molar-refractivity contribution >= 4 is 16.6 Å². The summed E-state index contributed by atoms with van der Waals surface area (Å²) in [5.41, 5.74) is 2.25. The van der Waals surface area contributed by atoms with E-state index in [1.54, 1.807) is 0 Å². The van der Waals surface area contributed by atoms with Crippen LogP contribution in [0, 0.1) is 5.92 Å². The molecule has 0 bridgehead atoms. The molecule has 2 aromatic rings. The van der Waals surface area contributed by atoms with Gasteiger partial charge in [0.2, 0.25) is 0 Å². The van der Waals surface area contributed by atoms with Crippen molar-refractivity contribution in [2.24, 2.45) is 5.92 Å². The fourth-order valence-electron chi connectivity index (χ4n) is 4.13. The Morgan fingerprint density at radius 1 is 1.00 bits per heavy atom. The highest BCUT2D eigenvalue weighted by Crippen LogP contribution is 2.32. The van der Waals surface area contributed by atoms with Gasteiger partial charge in [-0.2, -0.15) is 0 Å².